The molecule has 6 heterocycles. The van der Waals surface area contributed by atoms with E-state index in [4.69, 9.17) is 4.98 Å². The van der Waals surface area contributed by atoms with E-state index in [-0.39, 0.29) is 0 Å². The molecule has 0 spiro atoms. The first-order valence-corrected chi connectivity index (χ1v) is 27.1. The Balaban J connectivity index is 0.000000168. The van der Waals surface area contributed by atoms with Gasteiger partial charge in [-0.1, -0.05) is 12.1 Å². The van der Waals surface area contributed by atoms with Gasteiger partial charge in [0, 0.05) is 36.4 Å². The Morgan fingerprint density at radius 1 is 0.531 bits per heavy atom. The Bertz CT molecular complexity index is 1720. The second-order valence-electron chi connectivity index (χ2n) is 11.5. The molecule has 0 aliphatic carbocycles. The van der Waals surface area contributed by atoms with Gasteiger partial charge in [0.05, 0.1) is 5.69 Å². The van der Waals surface area contributed by atoms with Crippen molar-refractivity contribution < 1.29 is 0 Å². The van der Waals surface area contributed by atoms with Gasteiger partial charge < -0.3 is 0 Å². The predicted octanol–water partition coefficient (Wildman–Crippen LogP) is 10.6. The zero-order chi connectivity index (χ0) is 34.6. The SMILES string of the molecule is Brc1cccc(-c2ncccn2)n1.CCCC[CH2][Sn]([CH2]CCC)([CH2]CCC)[c]1nccs1.c1cnc(-c2cccc(-c3nccs3)n2)nc1. The Morgan fingerprint density at radius 2 is 1.06 bits per heavy atom. The maximum atomic E-state index is 4.79. The van der Waals surface area contributed by atoms with Gasteiger partial charge >= 0.3 is 128 Å². The van der Waals surface area contributed by atoms with E-state index in [9.17, 15) is 0 Å². The summed E-state index contributed by atoms with van der Waals surface area (Å²) in [6, 6.07) is 15.0. The van der Waals surface area contributed by atoms with E-state index >= 15 is 0 Å². The summed E-state index contributed by atoms with van der Waals surface area (Å²) in [7, 11) is 0. The number of halogens is 1. The molecule has 256 valence electrons. The summed E-state index contributed by atoms with van der Waals surface area (Å²) in [5, 5.41) is 5.05. The molecular weight excluding hydrogens is 819 g/mol. The summed E-state index contributed by atoms with van der Waals surface area (Å²) in [6.45, 7) is 6.99. The van der Waals surface area contributed by atoms with Crippen LogP contribution in [0, 0.1) is 0 Å². The molecule has 8 nitrogen and oxygen atoms in total. The first kappa shape index (κ1) is 38.8. The molecule has 0 fully saturated rings. The molecular formula is C37H45BrN8S2Sn. The van der Waals surface area contributed by atoms with E-state index in [2.05, 4.69) is 77.0 Å². The van der Waals surface area contributed by atoms with Gasteiger partial charge in [0.1, 0.15) is 21.0 Å². The first-order valence-electron chi connectivity index (χ1n) is 17.0. The van der Waals surface area contributed by atoms with Crippen molar-refractivity contribution in [2.24, 2.45) is 0 Å². The summed E-state index contributed by atoms with van der Waals surface area (Å²) >= 11 is 4.68. The number of hydrogen-bond acceptors (Lipinski definition) is 10. The smallest absolute Gasteiger partial charge is 0.178 e. The normalized spacial score (nSPS) is 10.9. The third-order valence-corrected chi connectivity index (χ3v) is 27.8. The van der Waals surface area contributed by atoms with E-state index in [1.165, 1.54) is 44.9 Å². The number of pyridine rings is 2. The molecule has 0 bridgehead atoms. The van der Waals surface area contributed by atoms with Crippen LogP contribution < -0.4 is 3.02 Å². The summed E-state index contributed by atoms with van der Waals surface area (Å²) in [6.07, 6.45) is 20.4. The average molecular weight is 865 g/mol. The fourth-order valence-electron chi connectivity index (χ4n) is 5.35. The molecule has 0 aromatic carbocycles. The number of aromatic nitrogens is 8. The largest absolute Gasteiger partial charge is 0.243 e. The molecule has 6 aromatic rings. The van der Waals surface area contributed by atoms with Crippen LogP contribution in [0.5, 0.6) is 0 Å². The van der Waals surface area contributed by atoms with Crippen LogP contribution in [-0.4, -0.2) is 58.2 Å². The molecule has 6 rings (SSSR count). The van der Waals surface area contributed by atoms with Gasteiger partial charge in [-0.25, -0.2) is 34.9 Å². The number of unbranched alkanes of at least 4 members (excludes halogenated alkanes) is 4. The summed E-state index contributed by atoms with van der Waals surface area (Å²) < 4.78 is 7.05. The number of nitrogens with zero attached hydrogens (tertiary/aromatic N) is 8. The third-order valence-electron chi connectivity index (χ3n) is 7.87. The van der Waals surface area contributed by atoms with Gasteiger partial charge in [0.2, 0.25) is 0 Å². The second-order valence-corrected chi connectivity index (χ2v) is 28.1. The minimum absolute atomic E-state index is 0.630. The van der Waals surface area contributed by atoms with Crippen LogP contribution in [0.4, 0.5) is 0 Å². The molecule has 0 unspecified atom stereocenters. The molecule has 0 saturated heterocycles. The van der Waals surface area contributed by atoms with Crippen LogP contribution in [0.1, 0.15) is 65.7 Å². The first-order chi connectivity index (χ1) is 24.1. The molecule has 6 aromatic heterocycles. The zero-order valence-electron chi connectivity index (χ0n) is 28.6. The van der Waals surface area contributed by atoms with E-state index in [0.717, 1.165) is 26.7 Å². The van der Waals surface area contributed by atoms with Crippen LogP contribution in [0.15, 0.2) is 101 Å². The van der Waals surface area contributed by atoms with Crippen molar-refractivity contribution in [3.8, 4) is 33.7 Å². The molecule has 0 N–H and O–H groups in total. The molecule has 0 amide bonds. The van der Waals surface area contributed by atoms with Crippen LogP contribution in [-0.2, 0) is 0 Å². The summed E-state index contributed by atoms with van der Waals surface area (Å²) in [5.41, 5.74) is 2.39. The monoisotopic (exact) mass is 864 g/mol. The van der Waals surface area contributed by atoms with Gasteiger partial charge in [0.15, 0.2) is 11.6 Å². The van der Waals surface area contributed by atoms with Crippen molar-refractivity contribution in [1.82, 2.24) is 39.9 Å². The van der Waals surface area contributed by atoms with E-state index in [1.54, 1.807) is 70.8 Å². The van der Waals surface area contributed by atoms with Crippen molar-refractivity contribution in [2.45, 2.75) is 79.0 Å². The molecule has 12 heteroatoms. The molecule has 0 radical (unpaired) electrons. The van der Waals surface area contributed by atoms with Crippen molar-refractivity contribution in [2.75, 3.05) is 0 Å². The maximum absolute atomic E-state index is 4.79. The van der Waals surface area contributed by atoms with Crippen molar-refractivity contribution in [3.05, 3.63) is 101 Å². The Labute approximate surface area is 311 Å². The fraction of sp³-hybridized carbons (Fsp3) is 0.351. The minimum Gasteiger partial charge on any atom is -0.243 e. The summed E-state index contributed by atoms with van der Waals surface area (Å²) in [5.74, 6) is 1.27. The number of hydrogen-bond donors (Lipinski definition) is 0. The second kappa shape index (κ2) is 21.9. The zero-order valence-corrected chi connectivity index (χ0v) is 34.7. The number of thiazole rings is 2. The molecule has 0 atom stereocenters. The number of rotatable bonds is 14. The fourth-order valence-corrected chi connectivity index (χ4v) is 25.2. The van der Waals surface area contributed by atoms with Gasteiger partial charge in [-0.3, -0.25) is 0 Å². The third kappa shape index (κ3) is 12.7. The predicted molar refractivity (Wildman–Crippen MR) is 211 cm³/mol. The van der Waals surface area contributed by atoms with Crippen molar-refractivity contribution in [3.63, 3.8) is 0 Å². The minimum atomic E-state index is -2.15. The van der Waals surface area contributed by atoms with E-state index in [0.29, 0.717) is 11.6 Å². The standard InChI is InChI=1S/C12H8N4S.C9H6BrN3.C5H11.2C4H9.C3H2NS.Sn/c1-3-9(11-13-5-2-6-14-11)16-10(4-1)12-15-7-8-17-12;10-8-4-1-3-7(13-8)9-11-5-2-6-12-9;1-3-5-4-2;2*1-3-4-2;1-2-5-3-4-1;/h1-8H;1-6H;1,3-5H2,2H3;2*1,3-4H2,2H3;1-2H;. The van der Waals surface area contributed by atoms with E-state index < -0.39 is 18.4 Å². The molecule has 0 aliphatic heterocycles. The Hall–Kier alpha value is -3.00. The summed E-state index contributed by atoms with van der Waals surface area (Å²) in [4.78, 5) is 34.3. The quantitative estimate of drug-likeness (QED) is 0.0606. The van der Waals surface area contributed by atoms with Gasteiger partial charge in [-0.15, -0.1) is 11.3 Å². The van der Waals surface area contributed by atoms with Crippen molar-refractivity contribution in [1.29, 1.82) is 0 Å². The molecule has 0 saturated carbocycles. The van der Waals surface area contributed by atoms with Crippen LogP contribution in [0.2, 0.25) is 13.3 Å². The van der Waals surface area contributed by atoms with E-state index in [1.807, 2.05) is 59.3 Å². The topological polar surface area (TPSA) is 103 Å². The Morgan fingerprint density at radius 3 is 1.59 bits per heavy atom. The van der Waals surface area contributed by atoms with Crippen LogP contribution in [0.25, 0.3) is 33.7 Å². The van der Waals surface area contributed by atoms with Crippen LogP contribution in [0.3, 0.4) is 0 Å². The van der Waals surface area contributed by atoms with Gasteiger partial charge in [-0.2, -0.15) is 0 Å². The van der Waals surface area contributed by atoms with Gasteiger partial charge in [0.25, 0.3) is 0 Å². The Kier molecular flexibility index (Phi) is 17.4. The molecule has 49 heavy (non-hydrogen) atoms. The maximum Gasteiger partial charge on any atom is 0.178 e. The molecule has 0 aliphatic rings. The van der Waals surface area contributed by atoms with Crippen LogP contribution >= 0.6 is 38.6 Å². The van der Waals surface area contributed by atoms with Crippen molar-refractivity contribution >= 4 is 60.0 Å². The van der Waals surface area contributed by atoms with Gasteiger partial charge in [-0.05, 0) is 52.3 Å². The average Bonchev–Trinajstić information content (AvgIpc) is 3.91.